The third-order valence-corrected chi connectivity index (χ3v) is 6.05. The summed E-state index contributed by atoms with van der Waals surface area (Å²) in [6.45, 7) is -0.509. The normalized spacial score (nSPS) is 10.7. The number of halogens is 3. The van der Waals surface area contributed by atoms with Crippen molar-refractivity contribution in [2.45, 2.75) is 6.54 Å². The highest BCUT2D eigenvalue weighted by Gasteiger charge is 2.28. The lowest BCUT2D eigenvalue weighted by atomic mass is 10.1. The second-order valence-corrected chi connectivity index (χ2v) is 9.03. The van der Waals surface area contributed by atoms with Gasteiger partial charge in [-0.15, -0.1) is 0 Å². The van der Waals surface area contributed by atoms with E-state index in [-0.39, 0.29) is 23.0 Å². The van der Waals surface area contributed by atoms with Gasteiger partial charge in [-0.05, 0) is 48.0 Å². The number of nitrogens with zero attached hydrogens (tertiary/aromatic N) is 2. The smallest absolute Gasteiger partial charge is 0.341 e. The molecule has 4 aromatic rings. The summed E-state index contributed by atoms with van der Waals surface area (Å²) < 4.78 is 12.2. The molecule has 0 atom stereocenters. The van der Waals surface area contributed by atoms with Crippen molar-refractivity contribution in [3.05, 3.63) is 93.1 Å². The summed E-state index contributed by atoms with van der Waals surface area (Å²) in [5.41, 5.74) is 1.99. The van der Waals surface area contributed by atoms with Crippen LogP contribution in [0.5, 0.6) is 11.5 Å². The van der Waals surface area contributed by atoms with E-state index in [2.05, 4.69) is 10.4 Å². The zero-order chi connectivity index (χ0) is 26.5. The van der Waals surface area contributed by atoms with Gasteiger partial charge in [-0.2, -0.15) is 5.10 Å². The molecule has 0 aliphatic rings. The van der Waals surface area contributed by atoms with Gasteiger partial charge in [0.1, 0.15) is 11.4 Å². The van der Waals surface area contributed by atoms with Crippen LogP contribution >= 0.6 is 34.8 Å². The molecule has 37 heavy (non-hydrogen) atoms. The number of nitrogens with one attached hydrogen (secondary N) is 1. The molecule has 0 spiro atoms. The monoisotopic (exact) mass is 559 g/mol. The van der Waals surface area contributed by atoms with E-state index in [0.717, 1.165) is 5.56 Å². The van der Waals surface area contributed by atoms with E-state index in [4.69, 9.17) is 44.3 Å². The quantitative estimate of drug-likeness (QED) is 0.264. The molecule has 1 amide bonds. The van der Waals surface area contributed by atoms with Crippen molar-refractivity contribution in [1.29, 1.82) is 0 Å². The number of carbonyl (C=O) groups excluding carboxylic acids is 1. The molecule has 11 heteroatoms. The van der Waals surface area contributed by atoms with Crippen LogP contribution in [0.2, 0.25) is 15.1 Å². The molecule has 2 N–H and O–H groups in total. The zero-order valence-corrected chi connectivity index (χ0v) is 21.6. The summed E-state index contributed by atoms with van der Waals surface area (Å²) in [6, 6.07) is 18.7. The van der Waals surface area contributed by atoms with Gasteiger partial charge in [-0.25, -0.2) is 9.48 Å². The van der Waals surface area contributed by atoms with Gasteiger partial charge in [0.05, 0.1) is 17.8 Å². The number of carbonyl (C=O) groups is 2. The molecular formula is C26H20Cl3N3O5. The Kier molecular flexibility index (Phi) is 8.23. The van der Waals surface area contributed by atoms with Crippen molar-refractivity contribution in [3.8, 4) is 28.4 Å². The van der Waals surface area contributed by atoms with Gasteiger partial charge < -0.3 is 19.9 Å². The number of amides is 1. The molecule has 1 heterocycles. The minimum absolute atomic E-state index is 0.0250. The van der Waals surface area contributed by atoms with Crippen molar-refractivity contribution < 1.29 is 24.2 Å². The van der Waals surface area contributed by atoms with Crippen LogP contribution < -0.4 is 14.8 Å². The maximum absolute atomic E-state index is 13.3. The molecule has 0 saturated carbocycles. The number of hydrogen-bond acceptors (Lipinski definition) is 5. The van der Waals surface area contributed by atoms with Gasteiger partial charge in [-0.3, -0.25) is 4.79 Å². The molecule has 0 radical (unpaired) electrons. The second kappa shape index (κ2) is 11.6. The molecule has 0 bridgehead atoms. The van der Waals surface area contributed by atoms with E-state index >= 15 is 0 Å². The molecule has 1 aromatic heterocycles. The van der Waals surface area contributed by atoms with Crippen LogP contribution in [0, 0.1) is 0 Å². The second-order valence-electron chi connectivity index (χ2n) is 7.75. The van der Waals surface area contributed by atoms with Gasteiger partial charge >= 0.3 is 5.97 Å². The van der Waals surface area contributed by atoms with Crippen LogP contribution in [0.3, 0.4) is 0 Å². The number of ether oxygens (including phenoxy) is 2. The largest absolute Gasteiger partial charge is 0.497 e. The van der Waals surface area contributed by atoms with Crippen LogP contribution in [-0.2, 0) is 11.3 Å². The average Bonchev–Trinajstić information content (AvgIpc) is 3.26. The Morgan fingerprint density at radius 1 is 0.973 bits per heavy atom. The highest BCUT2D eigenvalue weighted by atomic mass is 35.5. The number of carboxylic acids is 1. The number of hydrogen-bond donors (Lipinski definition) is 2. The lowest BCUT2D eigenvalue weighted by molar-refractivity contribution is -0.139. The first-order chi connectivity index (χ1) is 17.8. The molecule has 0 fully saturated rings. The van der Waals surface area contributed by atoms with Gasteiger partial charge in [0.15, 0.2) is 18.1 Å². The topological polar surface area (TPSA) is 103 Å². The van der Waals surface area contributed by atoms with Gasteiger partial charge in [0.25, 0.3) is 5.91 Å². The Morgan fingerprint density at radius 3 is 2.27 bits per heavy atom. The van der Waals surface area contributed by atoms with E-state index < -0.39 is 18.5 Å². The Hall–Kier alpha value is -3.72. The number of benzene rings is 3. The fourth-order valence-corrected chi connectivity index (χ4v) is 4.14. The predicted molar refractivity (Wildman–Crippen MR) is 141 cm³/mol. The van der Waals surface area contributed by atoms with Gasteiger partial charge in [-0.1, -0.05) is 59.1 Å². The van der Waals surface area contributed by atoms with E-state index in [1.54, 1.807) is 55.6 Å². The average molecular weight is 561 g/mol. The summed E-state index contributed by atoms with van der Waals surface area (Å²) in [4.78, 5) is 24.7. The van der Waals surface area contributed by atoms with Crippen molar-refractivity contribution in [2.24, 2.45) is 0 Å². The molecule has 0 unspecified atom stereocenters. The predicted octanol–water partition coefficient (Wildman–Crippen LogP) is 5.90. The number of methoxy groups -OCH3 is 1. The van der Waals surface area contributed by atoms with E-state index in [1.807, 2.05) is 12.1 Å². The Labute approximate surface area is 227 Å². The molecule has 0 saturated heterocycles. The Balaban J connectivity index is 1.81. The SMILES string of the molecule is COc1ccc(CNC(=O)c2nn(-c3ccc(Cl)cc3Cl)c(-c3ccc(Cl)cc3)c2OCC(=O)O)cc1. The molecule has 3 aromatic carbocycles. The minimum atomic E-state index is -1.22. The third-order valence-electron chi connectivity index (χ3n) is 5.26. The van der Waals surface area contributed by atoms with Crippen molar-refractivity contribution in [3.63, 3.8) is 0 Å². The van der Waals surface area contributed by atoms with Crippen molar-refractivity contribution >= 4 is 46.7 Å². The van der Waals surface area contributed by atoms with Gasteiger partial charge in [0.2, 0.25) is 0 Å². The fourth-order valence-electron chi connectivity index (χ4n) is 3.52. The Morgan fingerprint density at radius 2 is 1.65 bits per heavy atom. The van der Waals surface area contributed by atoms with Crippen LogP contribution in [0.25, 0.3) is 16.9 Å². The highest BCUT2D eigenvalue weighted by molar-refractivity contribution is 6.35. The van der Waals surface area contributed by atoms with E-state index in [9.17, 15) is 14.7 Å². The zero-order valence-electron chi connectivity index (χ0n) is 19.4. The summed E-state index contributed by atoms with van der Waals surface area (Å²) in [6.07, 6.45) is 0. The maximum atomic E-state index is 13.3. The molecule has 0 aliphatic heterocycles. The van der Waals surface area contributed by atoms with E-state index in [0.29, 0.717) is 32.7 Å². The summed E-state index contributed by atoms with van der Waals surface area (Å²) in [5, 5.41) is 17.7. The Bertz CT molecular complexity index is 1440. The molecule has 4 rings (SSSR count). The fraction of sp³-hybridized carbons (Fsp3) is 0.115. The number of aliphatic carboxylic acids is 1. The lowest BCUT2D eigenvalue weighted by Crippen LogP contribution is -2.24. The first-order valence-corrected chi connectivity index (χ1v) is 12.0. The minimum Gasteiger partial charge on any atom is -0.497 e. The van der Waals surface area contributed by atoms with Crippen LogP contribution in [0.4, 0.5) is 0 Å². The van der Waals surface area contributed by atoms with Crippen LogP contribution in [0.15, 0.2) is 66.7 Å². The van der Waals surface area contributed by atoms with E-state index in [1.165, 1.54) is 10.7 Å². The molecular weight excluding hydrogens is 541 g/mol. The first kappa shape index (κ1) is 26.3. The molecule has 0 aliphatic carbocycles. The number of carboxylic acid groups (broad SMARTS) is 1. The maximum Gasteiger partial charge on any atom is 0.341 e. The summed E-state index contributed by atoms with van der Waals surface area (Å²) >= 11 is 18.6. The van der Waals surface area contributed by atoms with Gasteiger partial charge in [0, 0.05) is 22.2 Å². The summed E-state index contributed by atoms with van der Waals surface area (Å²) in [5.74, 6) is -1.13. The van der Waals surface area contributed by atoms with Crippen LogP contribution in [0.1, 0.15) is 16.1 Å². The van der Waals surface area contributed by atoms with Crippen molar-refractivity contribution in [1.82, 2.24) is 15.1 Å². The lowest BCUT2D eigenvalue weighted by Gasteiger charge is -2.12. The standard InChI is InChI=1S/C26H20Cl3N3O5/c1-36-19-9-2-15(3-10-19)13-30-26(35)23-25(37-14-22(33)34)24(16-4-6-17(27)7-5-16)32(31-23)21-11-8-18(28)12-20(21)29/h2-12H,13-14H2,1H3,(H,30,35)(H,33,34). The highest BCUT2D eigenvalue weighted by Crippen LogP contribution is 2.38. The summed E-state index contributed by atoms with van der Waals surface area (Å²) in [7, 11) is 1.57. The number of rotatable bonds is 9. The third kappa shape index (κ3) is 6.17. The molecule has 8 nitrogen and oxygen atoms in total. The number of aromatic nitrogens is 2. The first-order valence-electron chi connectivity index (χ1n) is 10.9. The molecule has 190 valence electrons. The van der Waals surface area contributed by atoms with Crippen LogP contribution in [-0.4, -0.2) is 40.5 Å². The van der Waals surface area contributed by atoms with Crippen molar-refractivity contribution in [2.75, 3.05) is 13.7 Å².